The van der Waals surface area contributed by atoms with Crippen LogP contribution in [-0.4, -0.2) is 27.4 Å². The summed E-state index contributed by atoms with van der Waals surface area (Å²) in [5.41, 5.74) is 1.90. The first-order valence-corrected chi connectivity index (χ1v) is 6.87. The summed E-state index contributed by atoms with van der Waals surface area (Å²) in [6, 6.07) is 1.81. The van der Waals surface area contributed by atoms with E-state index in [-0.39, 0.29) is 12.5 Å². The molecule has 0 bridgehead atoms. The van der Waals surface area contributed by atoms with Crippen LogP contribution in [0.15, 0.2) is 18.5 Å². The predicted molar refractivity (Wildman–Crippen MR) is 77.4 cm³/mol. The van der Waals surface area contributed by atoms with E-state index in [1.54, 1.807) is 10.9 Å². The quantitative estimate of drug-likeness (QED) is 0.830. The van der Waals surface area contributed by atoms with Gasteiger partial charge in [-0.1, -0.05) is 11.8 Å². The fraction of sp³-hybridized carbons (Fsp3) is 0.286. The Balaban J connectivity index is 2.02. The number of hydrogen-bond donors (Lipinski definition) is 2. The molecule has 104 valence electrons. The maximum atomic E-state index is 12.0. The van der Waals surface area contributed by atoms with Crippen LogP contribution in [0.4, 0.5) is 0 Å². The highest BCUT2D eigenvalue weighted by Gasteiger charge is 2.11. The Hall–Kier alpha value is -2.10. The van der Waals surface area contributed by atoms with Crippen LogP contribution in [0.3, 0.4) is 0 Å². The van der Waals surface area contributed by atoms with Gasteiger partial charge in [-0.05, 0) is 18.6 Å². The predicted octanol–water partition coefficient (Wildman–Crippen LogP) is 1.06. The Morgan fingerprint density at radius 2 is 2.40 bits per heavy atom. The summed E-state index contributed by atoms with van der Waals surface area (Å²) < 4.78 is 1.69. The van der Waals surface area contributed by atoms with E-state index in [4.69, 9.17) is 5.11 Å². The number of carbonyl (C=O) groups is 1. The van der Waals surface area contributed by atoms with Gasteiger partial charge in [-0.15, -0.1) is 11.3 Å². The van der Waals surface area contributed by atoms with Crippen molar-refractivity contribution < 1.29 is 9.90 Å². The minimum absolute atomic E-state index is 0.126. The molecule has 0 fully saturated rings. The first-order chi connectivity index (χ1) is 9.60. The molecule has 2 rings (SSSR count). The average molecular weight is 289 g/mol. The van der Waals surface area contributed by atoms with Crippen LogP contribution >= 0.6 is 11.3 Å². The Bertz CT molecular complexity index is 676. The SMILES string of the molecule is Cc1cc(C(=O)NCc2cnn(C)c2)sc1C#CCO. The smallest absolute Gasteiger partial charge is 0.261 e. The fourth-order valence-corrected chi connectivity index (χ4v) is 2.63. The molecule has 1 amide bonds. The molecule has 0 unspecified atom stereocenters. The number of carbonyl (C=O) groups excluding carboxylic acids is 1. The maximum Gasteiger partial charge on any atom is 0.261 e. The van der Waals surface area contributed by atoms with E-state index in [1.165, 1.54) is 11.3 Å². The van der Waals surface area contributed by atoms with Crippen LogP contribution < -0.4 is 5.32 Å². The number of nitrogens with zero attached hydrogens (tertiary/aromatic N) is 2. The van der Waals surface area contributed by atoms with Gasteiger partial charge in [-0.2, -0.15) is 5.10 Å². The Morgan fingerprint density at radius 1 is 1.60 bits per heavy atom. The molecule has 0 aliphatic carbocycles. The Labute approximate surface area is 121 Å². The Morgan fingerprint density at radius 3 is 3.05 bits per heavy atom. The van der Waals surface area contributed by atoms with Crippen molar-refractivity contribution >= 4 is 17.2 Å². The number of aromatic nitrogens is 2. The van der Waals surface area contributed by atoms with E-state index < -0.39 is 0 Å². The minimum atomic E-state index is -0.181. The van der Waals surface area contributed by atoms with Crippen molar-refractivity contribution in [2.24, 2.45) is 7.05 Å². The summed E-state index contributed by atoms with van der Waals surface area (Å²) in [6.07, 6.45) is 3.58. The van der Waals surface area contributed by atoms with Crippen LogP contribution in [-0.2, 0) is 13.6 Å². The van der Waals surface area contributed by atoms with Crippen LogP contribution in [0.2, 0.25) is 0 Å². The molecular weight excluding hydrogens is 274 g/mol. The van der Waals surface area contributed by atoms with Crippen molar-refractivity contribution in [2.75, 3.05) is 6.61 Å². The number of hydrogen-bond acceptors (Lipinski definition) is 4. The molecule has 0 spiro atoms. The van der Waals surface area contributed by atoms with Crippen molar-refractivity contribution in [3.63, 3.8) is 0 Å². The average Bonchev–Trinajstić information content (AvgIpc) is 3.00. The lowest BCUT2D eigenvalue weighted by Gasteiger charge is -2.00. The molecule has 5 nitrogen and oxygen atoms in total. The van der Waals surface area contributed by atoms with Crippen LogP contribution in [0.5, 0.6) is 0 Å². The molecule has 0 aliphatic heterocycles. The van der Waals surface area contributed by atoms with Gasteiger partial charge >= 0.3 is 0 Å². The molecule has 0 radical (unpaired) electrons. The van der Waals surface area contributed by atoms with Crippen molar-refractivity contribution in [1.82, 2.24) is 15.1 Å². The molecule has 2 heterocycles. The summed E-state index contributed by atoms with van der Waals surface area (Å²) in [4.78, 5) is 13.5. The number of rotatable bonds is 3. The molecular formula is C14H15N3O2S. The van der Waals surface area contributed by atoms with Gasteiger partial charge in [0.15, 0.2) is 0 Å². The molecule has 20 heavy (non-hydrogen) atoms. The van der Waals surface area contributed by atoms with Crippen molar-refractivity contribution in [1.29, 1.82) is 0 Å². The lowest BCUT2D eigenvalue weighted by atomic mass is 10.2. The zero-order valence-electron chi connectivity index (χ0n) is 11.3. The Kier molecular flexibility index (Phi) is 4.56. The van der Waals surface area contributed by atoms with Crippen molar-refractivity contribution in [3.8, 4) is 11.8 Å². The second kappa shape index (κ2) is 6.37. The third kappa shape index (κ3) is 3.47. The second-order valence-electron chi connectivity index (χ2n) is 4.29. The highest BCUT2D eigenvalue weighted by molar-refractivity contribution is 7.14. The topological polar surface area (TPSA) is 67.2 Å². The minimum Gasteiger partial charge on any atom is -0.384 e. The zero-order valence-corrected chi connectivity index (χ0v) is 12.1. The lowest BCUT2D eigenvalue weighted by Crippen LogP contribution is -2.21. The van der Waals surface area contributed by atoms with Gasteiger partial charge < -0.3 is 10.4 Å². The molecule has 0 aromatic carbocycles. The van der Waals surface area contributed by atoms with E-state index in [1.807, 2.05) is 26.2 Å². The number of thiophene rings is 1. The molecule has 6 heteroatoms. The number of amides is 1. The summed E-state index contributed by atoms with van der Waals surface area (Å²) in [6.45, 7) is 2.16. The first-order valence-electron chi connectivity index (χ1n) is 6.06. The van der Waals surface area contributed by atoms with E-state index in [2.05, 4.69) is 22.3 Å². The molecule has 2 N–H and O–H groups in total. The monoisotopic (exact) mass is 289 g/mol. The molecule has 2 aromatic heterocycles. The van der Waals surface area contributed by atoms with Crippen molar-refractivity contribution in [2.45, 2.75) is 13.5 Å². The molecule has 0 atom stereocenters. The number of nitrogens with one attached hydrogen (secondary N) is 1. The molecule has 0 aliphatic rings. The van der Waals surface area contributed by atoms with Gasteiger partial charge in [0.2, 0.25) is 0 Å². The standard InChI is InChI=1S/C14H15N3O2S/c1-10-6-13(20-12(10)4-3-5-18)14(19)15-7-11-8-16-17(2)9-11/h6,8-9,18H,5,7H2,1-2H3,(H,15,19). The maximum absolute atomic E-state index is 12.0. The van der Waals surface area contributed by atoms with E-state index in [0.29, 0.717) is 11.4 Å². The van der Waals surface area contributed by atoms with Gasteiger partial charge in [0.1, 0.15) is 6.61 Å². The highest BCUT2D eigenvalue weighted by Crippen LogP contribution is 2.20. The summed E-state index contributed by atoms with van der Waals surface area (Å²) >= 11 is 1.33. The van der Waals surface area contributed by atoms with Gasteiger partial charge in [0, 0.05) is 25.4 Å². The summed E-state index contributed by atoms with van der Waals surface area (Å²) in [7, 11) is 1.83. The van der Waals surface area contributed by atoms with Gasteiger partial charge in [0.25, 0.3) is 5.91 Å². The largest absolute Gasteiger partial charge is 0.384 e. The van der Waals surface area contributed by atoms with E-state index in [0.717, 1.165) is 16.0 Å². The van der Waals surface area contributed by atoms with Gasteiger partial charge in [0.05, 0.1) is 16.0 Å². The summed E-state index contributed by atoms with van der Waals surface area (Å²) in [5.74, 6) is 5.31. The fourth-order valence-electron chi connectivity index (χ4n) is 1.67. The summed E-state index contributed by atoms with van der Waals surface area (Å²) in [5, 5.41) is 15.6. The number of aliphatic hydroxyl groups excluding tert-OH is 1. The van der Waals surface area contributed by atoms with Gasteiger partial charge in [-0.25, -0.2) is 0 Å². The number of aliphatic hydroxyl groups is 1. The first kappa shape index (κ1) is 14.3. The highest BCUT2D eigenvalue weighted by atomic mass is 32.1. The van der Waals surface area contributed by atoms with Crippen LogP contribution in [0.1, 0.15) is 25.7 Å². The molecule has 0 saturated heterocycles. The number of aryl methyl sites for hydroxylation is 2. The van der Waals surface area contributed by atoms with Crippen LogP contribution in [0, 0.1) is 18.8 Å². The van der Waals surface area contributed by atoms with E-state index in [9.17, 15) is 4.79 Å². The van der Waals surface area contributed by atoms with E-state index >= 15 is 0 Å². The second-order valence-corrected chi connectivity index (χ2v) is 5.34. The van der Waals surface area contributed by atoms with Crippen LogP contribution in [0.25, 0.3) is 0 Å². The normalized spacial score (nSPS) is 9.95. The lowest BCUT2D eigenvalue weighted by molar-refractivity contribution is 0.0955. The zero-order chi connectivity index (χ0) is 14.5. The third-order valence-corrected chi connectivity index (χ3v) is 3.79. The molecule has 2 aromatic rings. The van der Waals surface area contributed by atoms with Crippen molar-refractivity contribution in [3.05, 3.63) is 39.3 Å². The van der Waals surface area contributed by atoms with Gasteiger partial charge in [-0.3, -0.25) is 9.48 Å². The third-order valence-electron chi connectivity index (χ3n) is 2.63. The molecule has 0 saturated carbocycles.